The van der Waals surface area contributed by atoms with Crippen LogP contribution in [-0.2, 0) is 4.79 Å². The molecule has 1 atom stereocenters. The maximum absolute atomic E-state index is 13.2. The predicted molar refractivity (Wildman–Crippen MR) is 113 cm³/mol. The lowest BCUT2D eigenvalue weighted by Crippen LogP contribution is -2.60. The van der Waals surface area contributed by atoms with E-state index in [-0.39, 0.29) is 23.2 Å². The number of carbonyl (C=O) groups excluding carboxylic acids is 1. The van der Waals surface area contributed by atoms with Gasteiger partial charge in [0.05, 0.1) is 11.6 Å². The minimum Gasteiger partial charge on any atom is -0.350 e. The van der Waals surface area contributed by atoms with Crippen LogP contribution in [0.4, 0.5) is 10.3 Å². The first kappa shape index (κ1) is 19.4. The summed E-state index contributed by atoms with van der Waals surface area (Å²) in [4.78, 5) is 26.5. The van der Waals surface area contributed by atoms with E-state index < -0.39 is 0 Å². The minimum absolute atomic E-state index is 0.0272. The Morgan fingerprint density at radius 2 is 1.87 bits per heavy atom. The predicted octanol–water partition coefficient (Wildman–Crippen LogP) is 2.71. The average molecular weight is 410 g/mol. The largest absolute Gasteiger partial charge is 0.350 e. The van der Waals surface area contributed by atoms with Crippen molar-refractivity contribution in [2.75, 3.05) is 37.6 Å². The second kappa shape index (κ2) is 7.61. The molecule has 1 unspecified atom stereocenters. The summed E-state index contributed by atoms with van der Waals surface area (Å²) in [5.41, 5.74) is 1.51. The van der Waals surface area contributed by atoms with Crippen molar-refractivity contribution in [1.82, 2.24) is 20.2 Å². The second-order valence-electron chi connectivity index (χ2n) is 9.12. The molecule has 2 aromatic rings. The highest BCUT2D eigenvalue weighted by Crippen LogP contribution is 2.35. The zero-order valence-corrected chi connectivity index (χ0v) is 17.4. The fraction of sp³-hybridized carbons (Fsp3) is 0.522. The van der Waals surface area contributed by atoms with Gasteiger partial charge in [0.15, 0.2) is 0 Å². The second-order valence-corrected chi connectivity index (χ2v) is 9.12. The number of nitrogens with one attached hydrogen (secondary N) is 1. The van der Waals surface area contributed by atoms with E-state index in [4.69, 9.17) is 0 Å². The standard InChI is InChI=1S/C23H28FN5O/c1-23(9-13-28-11-7-18(23)8-12-28)27-21(30)17-14-29(15-17)22-25-10-6-20(26-22)16-2-4-19(24)5-3-16/h2-6,10,17-18H,7-9,11-15H2,1H3,(H,27,30). The molecule has 6 nitrogen and oxygen atoms in total. The molecule has 2 bridgehead atoms. The summed E-state index contributed by atoms with van der Waals surface area (Å²) < 4.78 is 13.2. The van der Waals surface area contributed by atoms with Crippen molar-refractivity contribution in [3.63, 3.8) is 0 Å². The number of fused-ring (bicyclic) bond motifs is 4. The molecule has 0 radical (unpaired) electrons. The number of hydrogen-bond donors (Lipinski definition) is 1. The van der Waals surface area contributed by atoms with Gasteiger partial charge in [0.2, 0.25) is 11.9 Å². The normalized spacial score (nSPS) is 28.7. The van der Waals surface area contributed by atoms with Crippen molar-refractivity contribution >= 4 is 11.9 Å². The Labute approximate surface area is 176 Å². The molecule has 158 valence electrons. The van der Waals surface area contributed by atoms with Gasteiger partial charge in [-0.25, -0.2) is 14.4 Å². The van der Waals surface area contributed by atoms with Gasteiger partial charge >= 0.3 is 0 Å². The van der Waals surface area contributed by atoms with Gasteiger partial charge < -0.3 is 15.1 Å². The number of hydrogen-bond acceptors (Lipinski definition) is 5. The molecule has 4 aliphatic heterocycles. The van der Waals surface area contributed by atoms with Crippen LogP contribution in [0.25, 0.3) is 11.3 Å². The maximum Gasteiger partial charge on any atom is 0.227 e. The van der Waals surface area contributed by atoms with Crippen LogP contribution < -0.4 is 10.2 Å². The van der Waals surface area contributed by atoms with Crippen molar-refractivity contribution in [3.05, 3.63) is 42.3 Å². The van der Waals surface area contributed by atoms with E-state index >= 15 is 0 Å². The van der Waals surface area contributed by atoms with E-state index in [1.165, 1.54) is 25.0 Å². The van der Waals surface area contributed by atoms with Crippen molar-refractivity contribution in [2.24, 2.45) is 11.8 Å². The first-order valence-electron chi connectivity index (χ1n) is 10.9. The van der Waals surface area contributed by atoms with Crippen molar-refractivity contribution in [3.8, 4) is 11.3 Å². The molecule has 1 N–H and O–H groups in total. The summed E-state index contributed by atoms with van der Waals surface area (Å²) in [5, 5.41) is 3.41. The summed E-state index contributed by atoms with van der Waals surface area (Å²) >= 11 is 0. The lowest BCUT2D eigenvalue weighted by atomic mass is 9.78. The van der Waals surface area contributed by atoms with Crippen molar-refractivity contribution < 1.29 is 9.18 Å². The molecule has 6 rings (SSSR count). The number of piperidine rings is 1. The smallest absolute Gasteiger partial charge is 0.227 e. The molecule has 1 aromatic carbocycles. The molecule has 0 spiro atoms. The molecule has 5 heterocycles. The Bertz CT molecular complexity index is 921. The number of aromatic nitrogens is 2. The first-order valence-corrected chi connectivity index (χ1v) is 10.9. The van der Waals surface area contributed by atoms with Gasteiger partial charge in [0.25, 0.3) is 0 Å². The first-order chi connectivity index (χ1) is 14.5. The maximum atomic E-state index is 13.2. The van der Waals surface area contributed by atoms with Crippen molar-refractivity contribution in [1.29, 1.82) is 0 Å². The van der Waals surface area contributed by atoms with E-state index in [9.17, 15) is 9.18 Å². The summed E-state index contributed by atoms with van der Waals surface area (Å²) in [5.74, 6) is 1.06. The number of amides is 1. The Morgan fingerprint density at radius 3 is 2.60 bits per heavy atom. The van der Waals surface area contributed by atoms with Crippen LogP contribution in [0.5, 0.6) is 0 Å². The van der Waals surface area contributed by atoms with E-state index in [0.717, 1.165) is 37.3 Å². The molecule has 0 saturated carbocycles. The van der Waals surface area contributed by atoms with Gasteiger partial charge in [0, 0.05) is 36.9 Å². The fourth-order valence-electron chi connectivity index (χ4n) is 5.03. The summed E-state index contributed by atoms with van der Waals surface area (Å²) in [6.45, 7) is 6.89. The SMILES string of the molecule is CC1(NC(=O)C2CN(c3nccc(-c4ccc(F)cc4)n3)C2)CCN2CCC1CC2. The third-order valence-corrected chi connectivity index (χ3v) is 7.16. The van der Waals surface area contributed by atoms with Gasteiger partial charge in [-0.15, -0.1) is 0 Å². The molecule has 7 heteroatoms. The summed E-state index contributed by atoms with van der Waals surface area (Å²) in [6.07, 6.45) is 5.10. The molecule has 4 fully saturated rings. The molecular weight excluding hydrogens is 381 g/mol. The Morgan fingerprint density at radius 1 is 1.13 bits per heavy atom. The van der Waals surface area contributed by atoms with Gasteiger partial charge in [-0.1, -0.05) is 0 Å². The number of nitrogens with zero attached hydrogens (tertiary/aromatic N) is 4. The van der Waals surface area contributed by atoms with Crippen LogP contribution in [-0.4, -0.2) is 59.0 Å². The number of benzene rings is 1. The number of carbonyl (C=O) groups is 1. The Hall–Kier alpha value is -2.54. The molecule has 30 heavy (non-hydrogen) atoms. The third-order valence-electron chi connectivity index (χ3n) is 7.16. The highest BCUT2D eigenvalue weighted by Gasteiger charge is 2.43. The lowest BCUT2D eigenvalue weighted by molar-refractivity contribution is -0.128. The zero-order chi connectivity index (χ0) is 20.7. The number of halogens is 1. The van der Waals surface area contributed by atoms with E-state index in [1.54, 1.807) is 18.3 Å². The van der Waals surface area contributed by atoms with Crippen LogP contribution in [0.15, 0.2) is 36.5 Å². The molecule has 1 amide bonds. The quantitative estimate of drug-likeness (QED) is 0.841. The van der Waals surface area contributed by atoms with Crippen LogP contribution in [0.1, 0.15) is 26.2 Å². The number of anilines is 1. The third kappa shape index (κ3) is 3.67. The minimum atomic E-state index is -0.266. The highest BCUT2D eigenvalue weighted by molar-refractivity contribution is 5.82. The Balaban J connectivity index is 1.21. The van der Waals surface area contributed by atoms with E-state index in [0.29, 0.717) is 25.0 Å². The van der Waals surface area contributed by atoms with Crippen LogP contribution >= 0.6 is 0 Å². The fourth-order valence-corrected chi connectivity index (χ4v) is 5.03. The topological polar surface area (TPSA) is 61.4 Å². The summed E-state index contributed by atoms with van der Waals surface area (Å²) in [7, 11) is 0. The van der Waals surface area contributed by atoms with Gasteiger partial charge in [-0.2, -0.15) is 0 Å². The highest BCUT2D eigenvalue weighted by atomic mass is 19.1. The van der Waals surface area contributed by atoms with E-state index in [1.807, 2.05) is 11.0 Å². The lowest BCUT2D eigenvalue weighted by Gasteiger charge is -2.42. The van der Waals surface area contributed by atoms with E-state index in [2.05, 4.69) is 27.1 Å². The van der Waals surface area contributed by atoms with Gasteiger partial charge in [-0.3, -0.25) is 4.79 Å². The summed E-state index contributed by atoms with van der Waals surface area (Å²) in [6, 6.07) is 8.10. The Kier molecular flexibility index (Phi) is 4.93. The molecule has 1 aromatic heterocycles. The molecule has 4 saturated heterocycles. The average Bonchev–Trinajstić information content (AvgIpc) is 2.96. The van der Waals surface area contributed by atoms with Gasteiger partial charge in [0.1, 0.15) is 5.82 Å². The molecular formula is C23H28FN5O. The molecule has 4 aliphatic rings. The van der Waals surface area contributed by atoms with Gasteiger partial charge in [-0.05, 0) is 75.5 Å². The van der Waals surface area contributed by atoms with Crippen LogP contribution in [0.2, 0.25) is 0 Å². The number of rotatable bonds is 4. The van der Waals surface area contributed by atoms with Crippen LogP contribution in [0, 0.1) is 17.7 Å². The van der Waals surface area contributed by atoms with Crippen LogP contribution in [0.3, 0.4) is 0 Å². The van der Waals surface area contributed by atoms with Crippen molar-refractivity contribution in [2.45, 2.75) is 31.7 Å². The zero-order valence-electron chi connectivity index (χ0n) is 17.4. The molecule has 0 aliphatic carbocycles. The monoisotopic (exact) mass is 409 g/mol.